The lowest BCUT2D eigenvalue weighted by atomic mass is 10.3. The van der Waals surface area contributed by atoms with Crippen molar-refractivity contribution in [3.63, 3.8) is 0 Å². The summed E-state index contributed by atoms with van der Waals surface area (Å²) in [5.41, 5.74) is 0. The first-order valence-corrected chi connectivity index (χ1v) is 7.87. The second-order valence-electron chi connectivity index (χ2n) is 4.40. The number of benzene rings is 1. The van der Waals surface area contributed by atoms with Gasteiger partial charge in [0, 0.05) is 11.4 Å². The highest BCUT2D eigenvalue weighted by atomic mass is 35.5. The number of carbonyl (C=O) groups is 1. The summed E-state index contributed by atoms with van der Waals surface area (Å²) < 4.78 is 5.35. The van der Waals surface area contributed by atoms with Gasteiger partial charge in [0.25, 0.3) is 5.91 Å². The Balaban J connectivity index is 1.78. The van der Waals surface area contributed by atoms with Crippen molar-refractivity contribution in [3.05, 3.63) is 34.3 Å². The number of aryl methyl sites for hydroxylation is 1. The van der Waals surface area contributed by atoms with Crippen LogP contribution in [0.1, 0.15) is 24.8 Å². The summed E-state index contributed by atoms with van der Waals surface area (Å²) in [6.45, 7) is 2.04. The number of carbonyl (C=O) groups excluding carboxylic acids is 1. The molecule has 0 spiro atoms. The van der Waals surface area contributed by atoms with Gasteiger partial charge >= 0.3 is 0 Å². The normalized spacial score (nSPS) is 10.4. The average molecular weight is 326 g/mol. The minimum Gasteiger partial charge on any atom is -0.484 e. The Labute approximate surface area is 132 Å². The molecule has 1 N–H and O–H groups in total. The molecule has 0 radical (unpaired) electrons. The van der Waals surface area contributed by atoms with Crippen molar-refractivity contribution in [2.75, 3.05) is 11.9 Å². The number of hydrogen-bond donors (Lipinski definition) is 1. The van der Waals surface area contributed by atoms with Crippen LogP contribution in [-0.2, 0) is 11.2 Å². The first-order chi connectivity index (χ1) is 10.2. The number of rotatable bonds is 7. The summed E-state index contributed by atoms with van der Waals surface area (Å²) in [6, 6.07) is 6.84. The molecule has 2 rings (SSSR count). The fraction of sp³-hybridized carbons (Fsp3) is 0.357. The van der Waals surface area contributed by atoms with Crippen LogP contribution in [0.15, 0.2) is 24.3 Å². The third-order valence-corrected chi connectivity index (χ3v) is 3.79. The van der Waals surface area contributed by atoms with Crippen molar-refractivity contribution >= 4 is 34.0 Å². The molecule has 1 heterocycles. The molecular formula is C14H16ClN3O2S. The van der Waals surface area contributed by atoms with Crippen molar-refractivity contribution in [2.24, 2.45) is 0 Å². The van der Waals surface area contributed by atoms with Gasteiger partial charge < -0.3 is 4.74 Å². The molecule has 0 aliphatic heterocycles. The molecule has 0 aliphatic carbocycles. The Morgan fingerprint density at radius 1 is 1.33 bits per heavy atom. The molecule has 1 aromatic heterocycles. The van der Waals surface area contributed by atoms with Gasteiger partial charge in [0.15, 0.2) is 6.61 Å². The SMILES string of the molecule is CCCCc1nnc(NC(=O)COc2ccc(Cl)cc2)s1. The third kappa shape index (κ3) is 5.32. The summed E-state index contributed by atoms with van der Waals surface area (Å²) in [6.07, 6.45) is 3.07. The van der Waals surface area contributed by atoms with Crippen molar-refractivity contribution in [1.82, 2.24) is 10.2 Å². The van der Waals surface area contributed by atoms with Crippen LogP contribution in [0.25, 0.3) is 0 Å². The van der Waals surface area contributed by atoms with E-state index in [1.165, 1.54) is 11.3 Å². The second kappa shape index (κ2) is 7.95. The third-order valence-electron chi connectivity index (χ3n) is 2.64. The maximum Gasteiger partial charge on any atom is 0.264 e. The molecule has 7 heteroatoms. The van der Waals surface area contributed by atoms with Crippen LogP contribution in [0.3, 0.4) is 0 Å². The Morgan fingerprint density at radius 2 is 2.10 bits per heavy atom. The molecule has 0 fully saturated rings. The fourth-order valence-electron chi connectivity index (χ4n) is 1.57. The highest BCUT2D eigenvalue weighted by molar-refractivity contribution is 7.15. The van der Waals surface area contributed by atoms with Crippen molar-refractivity contribution in [1.29, 1.82) is 0 Å². The van der Waals surface area contributed by atoms with E-state index < -0.39 is 0 Å². The number of hydrogen-bond acceptors (Lipinski definition) is 5. The van der Waals surface area contributed by atoms with E-state index in [1.54, 1.807) is 24.3 Å². The molecule has 1 amide bonds. The lowest BCUT2D eigenvalue weighted by molar-refractivity contribution is -0.118. The van der Waals surface area contributed by atoms with Crippen LogP contribution in [-0.4, -0.2) is 22.7 Å². The molecule has 0 aliphatic rings. The van der Waals surface area contributed by atoms with Gasteiger partial charge in [-0.15, -0.1) is 10.2 Å². The number of nitrogens with zero attached hydrogens (tertiary/aromatic N) is 2. The van der Waals surface area contributed by atoms with Crippen molar-refractivity contribution in [3.8, 4) is 5.75 Å². The van der Waals surface area contributed by atoms with Gasteiger partial charge in [-0.3, -0.25) is 10.1 Å². The van der Waals surface area contributed by atoms with Crippen molar-refractivity contribution < 1.29 is 9.53 Å². The van der Waals surface area contributed by atoms with E-state index in [4.69, 9.17) is 16.3 Å². The smallest absolute Gasteiger partial charge is 0.264 e. The number of ether oxygens (including phenoxy) is 1. The zero-order valence-electron chi connectivity index (χ0n) is 11.6. The van der Waals surface area contributed by atoms with Gasteiger partial charge in [-0.05, 0) is 30.7 Å². The standard InChI is InChI=1S/C14H16ClN3O2S/c1-2-3-4-13-17-18-14(21-13)16-12(19)9-20-11-7-5-10(15)6-8-11/h5-8H,2-4,9H2,1H3,(H,16,18,19). The van der Waals surface area contributed by atoms with E-state index >= 15 is 0 Å². The number of unbranched alkanes of at least 4 members (excludes halogenated alkanes) is 1. The molecule has 0 saturated heterocycles. The molecule has 0 atom stereocenters. The lowest BCUT2D eigenvalue weighted by Gasteiger charge is -2.05. The lowest BCUT2D eigenvalue weighted by Crippen LogP contribution is -2.20. The largest absolute Gasteiger partial charge is 0.484 e. The highest BCUT2D eigenvalue weighted by Gasteiger charge is 2.08. The summed E-state index contributed by atoms with van der Waals surface area (Å²) in [7, 11) is 0. The molecule has 1 aromatic carbocycles. The minimum atomic E-state index is -0.261. The molecule has 2 aromatic rings. The van der Waals surface area contributed by atoms with Gasteiger partial charge in [-0.2, -0.15) is 0 Å². The first-order valence-electron chi connectivity index (χ1n) is 6.68. The van der Waals surface area contributed by atoms with E-state index in [-0.39, 0.29) is 12.5 Å². The highest BCUT2D eigenvalue weighted by Crippen LogP contribution is 2.18. The van der Waals surface area contributed by atoms with Crippen LogP contribution >= 0.6 is 22.9 Å². The number of anilines is 1. The van der Waals surface area contributed by atoms with E-state index in [0.717, 1.165) is 24.3 Å². The summed E-state index contributed by atoms with van der Waals surface area (Å²) in [5.74, 6) is 0.332. The number of amides is 1. The van der Waals surface area contributed by atoms with Gasteiger partial charge in [0.2, 0.25) is 5.13 Å². The quantitative estimate of drug-likeness (QED) is 0.845. The molecule has 0 bridgehead atoms. The van der Waals surface area contributed by atoms with Crippen LogP contribution in [0, 0.1) is 0 Å². The van der Waals surface area contributed by atoms with Crippen LogP contribution < -0.4 is 10.1 Å². The molecule has 5 nitrogen and oxygen atoms in total. The van der Waals surface area contributed by atoms with E-state index in [0.29, 0.717) is 15.9 Å². The van der Waals surface area contributed by atoms with Crippen molar-refractivity contribution in [2.45, 2.75) is 26.2 Å². The molecular weight excluding hydrogens is 310 g/mol. The van der Waals surface area contributed by atoms with Gasteiger partial charge in [0.1, 0.15) is 10.8 Å². The van der Waals surface area contributed by atoms with Crippen LogP contribution in [0.5, 0.6) is 5.75 Å². The van der Waals surface area contributed by atoms with E-state index in [1.807, 2.05) is 0 Å². The predicted molar refractivity (Wildman–Crippen MR) is 84.1 cm³/mol. The van der Waals surface area contributed by atoms with Gasteiger partial charge in [0.05, 0.1) is 0 Å². The summed E-state index contributed by atoms with van der Waals surface area (Å²) >= 11 is 7.17. The minimum absolute atomic E-state index is 0.0779. The molecule has 21 heavy (non-hydrogen) atoms. The molecule has 0 saturated carbocycles. The topological polar surface area (TPSA) is 64.1 Å². The molecule has 112 valence electrons. The zero-order chi connectivity index (χ0) is 15.1. The summed E-state index contributed by atoms with van der Waals surface area (Å²) in [5, 5.41) is 12.7. The Hall–Kier alpha value is -1.66. The number of aromatic nitrogens is 2. The van der Waals surface area contributed by atoms with Crippen LogP contribution in [0.2, 0.25) is 5.02 Å². The Kier molecular flexibility index (Phi) is 5.95. The average Bonchev–Trinajstić information content (AvgIpc) is 2.92. The van der Waals surface area contributed by atoms with E-state index in [2.05, 4.69) is 22.4 Å². The molecule has 0 unspecified atom stereocenters. The maximum atomic E-state index is 11.8. The van der Waals surface area contributed by atoms with Gasteiger partial charge in [-0.1, -0.05) is 36.3 Å². The number of halogens is 1. The van der Waals surface area contributed by atoms with Crippen LogP contribution in [0.4, 0.5) is 5.13 Å². The monoisotopic (exact) mass is 325 g/mol. The Bertz CT molecular complexity index is 586. The fourth-order valence-corrected chi connectivity index (χ4v) is 2.49. The summed E-state index contributed by atoms with van der Waals surface area (Å²) in [4.78, 5) is 11.8. The second-order valence-corrected chi connectivity index (χ2v) is 5.89. The number of nitrogens with one attached hydrogen (secondary N) is 1. The first kappa shape index (κ1) is 15.7. The Morgan fingerprint density at radius 3 is 2.81 bits per heavy atom. The van der Waals surface area contributed by atoms with E-state index in [9.17, 15) is 4.79 Å². The predicted octanol–water partition coefficient (Wildman–Crippen LogP) is 3.55. The zero-order valence-corrected chi connectivity index (χ0v) is 13.2. The van der Waals surface area contributed by atoms with Gasteiger partial charge in [-0.25, -0.2) is 0 Å². The maximum absolute atomic E-state index is 11.8.